The SMILES string of the molecule is O=C(O)CC(O)C(O)c1ccc(Br)cn1. The van der Waals surface area contributed by atoms with Crippen LogP contribution in [-0.4, -0.2) is 32.4 Å². The summed E-state index contributed by atoms with van der Waals surface area (Å²) >= 11 is 3.17. The number of hydrogen-bond donors (Lipinski definition) is 3. The van der Waals surface area contributed by atoms with Gasteiger partial charge >= 0.3 is 5.97 Å². The maximum absolute atomic E-state index is 10.3. The van der Waals surface area contributed by atoms with E-state index in [1.807, 2.05) is 0 Å². The number of halogens is 1. The van der Waals surface area contributed by atoms with E-state index in [1.165, 1.54) is 12.3 Å². The van der Waals surface area contributed by atoms with Gasteiger partial charge < -0.3 is 15.3 Å². The fourth-order valence-corrected chi connectivity index (χ4v) is 1.28. The number of aliphatic hydroxyl groups is 2. The summed E-state index contributed by atoms with van der Waals surface area (Å²) in [5, 5.41) is 27.3. The van der Waals surface area contributed by atoms with Crippen LogP contribution in [-0.2, 0) is 4.79 Å². The van der Waals surface area contributed by atoms with E-state index in [0.29, 0.717) is 0 Å². The average Bonchev–Trinajstić information content (AvgIpc) is 2.17. The first-order valence-corrected chi connectivity index (χ1v) is 4.99. The number of carboxylic acid groups (broad SMARTS) is 1. The molecule has 0 aliphatic carbocycles. The van der Waals surface area contributed by atoms with Crippen molar-refractivity contribution in [3.05, 3.63) is 28.5 Å². The van der Waals surface area contributed by atoms with Crippen LogP contribution in [0.2, 0.25) is 0 Å². The highest BCUT2D eigenvalue weighted by Gasteiger charge is 2.21. The molecule has 0 aliphatic heterocycles. The van der Waals surface area contributed by atoms with Crippen molar-refractivity contribution < 1.29 is 20.1 Å². The smallest absolute Gasteiger partial charge is 0.306 e. The number of aliphatic carboxylic acids is 1. The molecule has 0 saturated heterocycles. The molecule has 3 N–H and O–H groups in total. The molecule has 2 atom stereocenters. The van der Waals surface area contributed by atoms with Crippen molar-refractivity contribution in [3.63, 3.8) is 0 Å². The molecule has 0 aliphatic rings. The van der Waals surface area contributed by atoms with Crippen molar-refractivity contribution in [1.29, 1.82) is 0 Å². The molecule has 0 aromatic carbocycles. The van der Waals surface area contributed by atoms with Crippen LogP contribution in [0, 0.1) is 0 Å². The Morgan fingerprint density at radius 1 is 1.47 bits per heavy atom. The first-order valence-electron chi connectivity index (χ1n) is 4.20. The zero-order valence-electron chi connectivity index (χ0n) is 7.67. The number of pyridine rings is 1. The highest BCUT2D eigenvalue weighted by atomic mass is 79.9. The maximum Gasteiger partial charge on any atom is 0.306 e. The van der Waals surface area contributed by atoms with Crippen LogP contribution in [0.4, 0.5) is 0 Å². The van der Waals surface area contributed by atoms with Crippen LogP contribution < -0.4 is 0 Å². The van der Waals surface area contributed by atoms with Gasteiger partial charge in [-0.2, -0.15) is 0 Å². The summed E-state index contributed by atoms with van der Waals surface area (Å²) in [5.41, 5.74) is 0.243. The van der Waals surface area contributed by atoms with Crippen LogP contribution in [0.25, 0.3) is 0 Å². The molecular formula is C9H10BrNO4. The Kier molecular flexibility index (Phi) is 4.19. The molecule has 0 saturated carbocycles. The van der Waals surface area contributed by atoms with Gasteiger partial charge in [0.25, 0.3) is 0 Å². The first kappa shape index (κ1) is 12.1. The summed E-state index contributed by atoms with van der Waals surface area (Å²) in [6.45, 7) is 0. The number of nitrogens with zero attached hydrogens (tertiary/aromatic N) is 1. The molecule has 0 amide bonds. The summed E-state index contributed by atoms with van der Waals surface area (Å²) in [6.07, 6.45) is -1.68. The lowest BCUT2D eigenvalue weighted by molar-refractivity contribution is -0.141. The van der Waals surface area contributed by atoms with Gasteiger partial charge in [-0.05, 0) is 28.1 Å². The Morgan fingerprint density at radius 3 is 2.60 bits per heavy atom. The third-order valence-corrected chi connectivity index (χ3v) is 2.27. The fourth-order valence-electron chi connectivity index (χ4n) is 1.05. The summed E-state index contributed by atoms with van der Waals surface area (Å²) in [7, 11) is 0. The van der Waals surface area contributed by atoms with Gasteiger partial charge in [0.15, 0.2) is 0 Å². The number of carboxylic acids is 1. The van der Waals surface area contributed by atoms with Crippen LogP contribution >= 0.6 is 15.9 Å². The Labute approximate surface area is 94.5 Å². The van der Waals surface area contributed by atoms with Crippen LogP contribution in [0.1, 0.15) is 18.2 Å². The highest BCUT2D eigenvalue weighted by Crippen LogP contribution is 2.18. The van der Waals surface area contributed by atoms with Gasteiger partial charge in [0, 0.05) is 10.7 Å². The summed E-state index contributed by atoms with van der Waals surface area (Å²) in [6, 6.07) is 3.17. The molecule has 5 nitrogen and oxygen atoms in total. The van der Waals surface area contributed by atoms with Crippen LogP contribution in [0.15, 0.2) is 22.8 Å². The quantitative estimate of drug-likeness (QED) is 0.753. The molecular weight excluding hydrogens is 266 g/mol. The van der Waals surface area contributed by atoms with Gasteiger partial charge in [0.2, 0.25) is 0 Å². The predicted molar refractivity (Wildman–Crippen MR) is 55.2 cm³/mol. The number of carbonyl (C=O) groups is 1. The molecule has 0 spiro atoms. The Balaban J connectivity index is 2.71. The topological polar surface area (TPSA) is 90.7 Å². The second kappa shape index (κ2) is 5.20. The zero-order chi connectivity index (χ0) is 11.4. The van der Waals surface area contributed by atoms with Crippen molar-refractivity contribution in [3.8, 4) is 0 Å². The monoisotopic (exact) mass is 275 g/mol. The molecule has 82 valence electrons. The van der Waals surface area contributed by atoms with Crippen molar-refractivity contribution in [2.75, 3.05) is 0 Å². The van der Waals surface area contributed by atoms with E-state index < -0.39 is 24.6 Å². The van der Waals surface area contributed by atoms with Gasteiger partial charge in [-0.15, -0.1) is 0 Å². The van der Waals surface area contributed by atoms with E-state index in [-0.39, 0.29) is 5.69 Å². The largest absolute Gasteiger partial charge is 0.481 e. The average molecular weight is 276 g/mol. The van der Waals surface area contributed by atoms with E-state index in [0.717, 1.165) is 4.47 Å². The molecule has 6 heteroatoms. The number of aromatic nitrogens is 1. The Morgan fingerprint density at radius 2 is 2.13 bits per heavy atom. The lowest BCUT2D eigenvalue weighted by Gasteiger charge is -2.15. The summed E-state index contributed by atoms with van der Waals surface area (Å²) in [5.74, 6) is -1.17. The van der Waals surface area contributed by atoms with Gasteiger partial charge in [-0.25, -0.2) is 0 Å². The Hall–Kier alpha value is -0.980. The minimum atomic E-state index is -1.35. The zero-order valence-corrected chi connectivity index (χ0v) is 9.25. The molecule has 1 aromatic heterocycles. The van der Waals surface area contributed by atoms with E-state index in [9.17, 15) is 15.0 Å². The molecule has 1 aromatic rings. The molecule has 1 rings (SSSR count). The maximum atomic E-state index is 10.3. The molecule has 1 heterocycles. The fraction of sp³-hybridized carbons (Fsp3) is 0.333. The van der Waals surface area contributed by atoms with E-state index in [2.05, 4.69) is 20.9 Å². The van der Waals surface area contributed by atoms with Gasteiger partial charge in [-0.1, -0.05) is 0 Å². The van der Waals surface area contributed by atoms with Crippen molar-refractivity contribution in [2.24, 2.45) is 0 Å². The lowest BCUT2D eigenvalue weighted by atomic mass is 10.1. The third-order valence-electron chi connectivity index (χ3n) is 1.80. The van der Waals surface area contributed by atoms with E-state index in [1.54, 1.807) is 6.07 Å². The molecule has 2 unspecified atom stereocenters. The normalized spacial score (nSPS) is 14.6. The first-order chi connectivity index (χ1) is 7.00. The van der Waals surface area contributed by atoms with E-state index in [4.69, 9.17) is 5.11 Å². The van der Waals surface area contributed by atoms with Crippen molar-refractivity contribution >= 4 is 21.9 Å². The number of rotatable bonds is 4. The minimum Gasteiger partial charge on any atom is -0.481 e. The summed E-state index contributed by atoms with van der Waals surface area (Å²) < 4.78 is 0.742. The molecule has 15 heavy (non-hydrogen) atoms. The number of hydrogen-bond acceptors (Lipinski definition) is 4. The lowest BCUT2D eigenvalue weighted by Crippen LogP contribution is -2.22. The van der Waals surface area contributed by atoms with Crippen molar-refractivity contribution in [1.82, 2.24) is 4.98 Å². The molecule has 0 fully saturated rings. The van der Waals surface area contributed by atoms with E-state index >= 15 is 0 Å². The van der Waals surface area contributed by atoms with Crippen LogP contribution in [0.5, 0.6) is 0 Å². The van der Waals surface area contributed by atoms with Gasteiger partial charge in [0.05, 0.1) is 18.2 Å². The predicted octanol–water partition coefficient (Wildman–Crippen LogP) is 0.713. The molecule has 0 bridgehead atoms. The van der Waals surface area contributed by atoms with Crippen LogP contribution in [0.3, 0.4) is 0 Å². The highest BCUT2D eigenvalue weighted by molar-refractivity contribution is 9.10. The Bertz CT molecular complexity index is 340. The standard InChI is InChI=1S/C9H10BrNO4/c10-5-1-2-6(11-4-5)9(15)7(12)3-8(13)14/h1-2,4,7,9,12,15H,3H2,(H,13,14). The van der Waals surface area contributed by atoms with Crippen molar-refractivity contribution in [2.45, 2.75) is 18.6 Å². The second-order valence-corrected chi connectivity index (χ2v) is 3.93. The minimum absolute atomic E-state index is 0.243. The second-order valence-electron chi connectivity index (χ2n) is 3.01. The summed E-state index contributed by atoms with van der Waals surface area (Å²) in [4.78, 5) is 14.2. The van der Waals surface area contributed by atoms with Gasteiger partial charge in [-0.3, -0.25) is 9.78 Å². The molecule has 0 radical (unpaired) electrons. The third kappa shape index (κ3) is 3.58. The van der Waals surface area contributed by atoms with Gasteiger partial charge in [0.1, 0.15) is 6.10 Å². The number of aliphatic hydroxyl groups excluding tert-OH is 2.